The van der Waals surface area contributed by atoms with Crippen LogP contribution in [-0.2, 0) is 16.1 Å². The summed E-state index contributed by atoms with van der Waals surface area (Å²) < 4.78 is 12.6. The van der Waals surface area contributed by atoms with Gasteiger partial charge in [0.25, 0.3) is 0 Å². The number of aromatic nitrogens is 3. The fraction of sp³-hybridized carbons (Fsp3) is 0.185. The van der Waals surface area contributed by atoms with Gasteiger partial charge in [0, 0.05) is 18.1 Å². The minimum atomic E-state index is -0.426. The molecule has 4 rings (SSSR count). The van der Waals surface area contributed by atoms with Crippen molar-refractivity contribution in [1.82, 2.24) is 14.6 Å². The van der Waals surface area contributed by atoms with Gasteiger partial charge in [0.15, 0.2) is 11.4 Å². The molecule has 0 unspecified atom stereocenters. The van der Waals surface area contributed by atoms with Gasteiger partial charge in [-0.2, -0.15) is 5.10 Å². The summed E-state index contributed by atoms with van der Waals surface area (Å²) in [6, 6.07) is 20.9. The zero-order chi connectivity index (χ0) is 23.8. The molecule has 0 aliphatic heterocycles. The fourth-order valence-electron chi connectivity index (χ4n) is 3.39. The van der Waals surface area contributed by atoms with E-state index in [0.29, 0.717) is 17.1 Å². The maximum Gasteiger partial charge on any atom is 0.306 e. The zero-order valence-corrected chi connectivity index (χ0v) is 18.7. The summed E-state index contributed by atoms with van der Waals surface area (Å²) in [6.07, 6.45) is 1.31. The Balaban J connectivity index is 1.72. The van der Waals surface area contributed by atoms with E-state index in [1.165, 1.54) is 10.8 Å². The van der Waals surface area contributed by atoms with Crippen molar-refractivity contribution in [3.8, 4) is 17.6 Å². The van der Waals surface area contributed by atoms with Crippen molar-refractivity contribution in [1.29, 1.82) is 0 Å². The average molecular weight is 453 g/mol. The molecular formula is C27H23N3O4. The Labute approximate surface area is 197 Å². The summed E-state index contributed by atoms with van der Waals surface area (Å²) in [5.74, 6) is 5.85. The monoisotopic (exact) mass is 453 g/mol. The third kappa shape index (κ3) is 5.48. The molecule has 0 amide bonds. The average Bonchev–Trinajstić information content (AvgIpc) is 3.36. The molecule has 0 bridgehead atoms. The summed E-state index contributed by atoms with van der Waals surface area (Å²) in [5, 5.41) is 4.26. The Morgan fingerprint density at radius 2 is 1.71 bits per heavy atom. The number of hydrogen-bond donors (Lipinski definition) is 0. The van der Waals surface area contributed by atoms with Crippen molar-refractivity contribution in [2.24, 2.45) is 0 Å². The number of esters is 1. The Kier molecular flexibility index (Phi) is 7.31. The molecule has 34 heavy (non-hydrogen) atoms. The van der Waals surface area contributed by atoms with Gasteiger partial charge < -0.3 is 9.47 Å². The van der Waals surface area contributed by atoms with Gasteiger partial charge in [0.2, 0.25) is 0 Å². The van der Waals surface area contributed by atoms with E-state index < -0.39 is 5.97 Å². The van der Waals surface area contributed by atoms with Gasteiger partial charge in [-0.15, -0.1) is 0 Å². The Morgan fingerprint density at radius 1 is 0.971 bits per heavy atom. The maximum absolute atomic E-state index is 13.2. The number of ketones is 1. The predicted molar refractivity (Wildman–Crippen MR) is 126 cm³/mol. The lowest BCUT2D eigenvalue weighted by atomic mass is 10.1. The van der Waals surface area contributed by atoms with Crippen LogP contribution in [0.1, 0.15) is 46.9 Å². The van der Waals surface area contributed by atoms with E-state index in [-0.39, 0.29) is 37.4 Å². The zero-order valence-electron chi connectivity index (χ0n) is 18.7. The molecule has 0 aliphatic rings. The van der Waals surface area contributed by atoms with E-state index in [1.807, 2.05) is 60.7 Å². The van der Waals surface area contributed by atoms with Crippen LogP contribution < -0.4 is 4.74 Å². The van der Waals surface area contributed by atoms with Crippen molar-refractivity contribution in [3.63, 3.8) is 0 Å². The third-order valence-electron chi connectivity index (χ3n) is 5.00. The van der Waals surface area contributed by atoms with Crippen molar-refractivity contribution >= 4 is 17.4 Å². The summed E-state index contributed by atoms with van der Waals surface area (Å²) in [4.78, 5) is 29.3. The molecule has 7 heteroatoms. The van der Waals surface area contributed by atoms with Crippen molar-refractivity contribution < 1.29 is 19.1 Å². The lowest BCUT2D eigenvalue weighted by Gasteiger charge is -2.13. The van der Waals surface area contributed by atoms with E-state index in [1.54, 1.807) is 13.0 Å². The second-order valence-electron chi connectivity index (χ2n) is 7.38. The van der Waals surface area contributed by atoms with Gasteiger partial charge in [-0.3, -0.25) is 9.59 Å². The molecular weight excluding hydrogens is 430 g/mol. The Hall–Kier alpha value is -4.44. The van der Waals surface area contributed by atoms with Crippen LogP contribution in [0.5, 0.6) is 5.75 Å². The van der Waals surface area contributed by atoms with Crippen LogP contribution in [0.2, 0.25) is 0 Å². The van der Waals surface area contributed by atoms with Crippen LogP contribution in [0, 0.1) is 11.8 Å². The van der Waals surface area contributed by atoms with Gasteiger partial charge in [0.1, 0.15) is 29.9 Å². The summed E-state index contributed by atoms with van der Waals surface area (Å²) in [7, 11) is 0. The third-order valence-corrected chi connectivity index (χ3v) is 5.00. The van der Waals surface area contributed by atoms with E-state index in [4.69, 9.17) is 9.47 Å². The van der Waals surface area contributed by atoms with Crippen LogP contribution in [0.3, 0.4) is 0 Å². The van der Waals surface area contributed by atoms with Gasteiger partial charge in [-0.05, 0) is 30.5 Å². The number of benzene rings is 2. The molecule has 2 aromatic heterocycles. The number of fused-ring (bicyclic) bond motifs is 1. The number of Topliss-reactive ketones (excluding diaryl/α,β-unsaturated/α-hetero) is 1. The normalized spacial score (nSPS) is 10.4. The molecule has 2 aromatic carbocycles. The number of hydrogen-bond acceptors (Lipinski definition) is 6. The van der Waals surface area contributed by atoms with Crippen LogP contribution in [0.25, 0.3) is 5.65 Å². The Bertz CT molecular complexity index is 1350. The van der Waals surface area contributed by atoms with Gasteiger partial charge in [-0.25, -0.2) is 9.50 Å². The maximum atomic E-state index is 13.2. The topological polar surface area (TPSA) is 82.8 Å². The molecule has 7 nitrogen and oxygen atoms in total. The number of rotatable bonds is 8. The van der Waals surface area contributed by atoms with E-state index in [0.717, 1.165) is 11.1 Å². The molecule has 0 fully saturated rings. The largest absolute Gasteiger partial charge is 0.488 e. The summed E-state index contributed by atoms with van der Waals surface area (Å²) >= 11 is 0. The highest BCUT2D eigenvalue weighted by atomic mass is 16.5. The van der Waals surface area contributed by atoms with Gasteiger partial charge in [0.05, 0.1) is 13.0 Å². The first-order valence-electron chi connectivity index (χ1n) is 10.9. The van der Waals surface area contributed by atoms with E-state index in [2.05, 4.69) is 21.9 Å². The number of carbonyl (C=O) groups is 2. The first-order valence-corrected chi connectivity index (χ1v) is 10.9. The molecule has 0 N–H and O–H groups in total. The molecule has 0 radical (unpaired) electrons. The highest BCUT2D eigenvalue weighted by Crippen LogP contribution is 2.27. The minimum absolute atomic E-state index is 0.0271. The van der Waals surface area contributed by atoms with E-state index in [9.17, 15) is 9.59 Å². The SMILES string of the molecule is CCOC(=O)CCC(=O)c1c(OCc2ccccc2)cc(C#Cc2ccccc2)n2ncnc12. The van der Waals surface area contributed by atoms with Crippen molar-refractivity contribution in [3.05, 3.63) is 95.4 Å². The lowest BCUT2D eigenvalue weighted by Crippen LogP contribution is -2.12. The highest BCUT2D eigenvalue weighted by molar-refractivity contribution is 6.05. The highest BCUT2D eigenvalue weighted by Gasteiger charge is 2.22. The van der Waals surface area contributed by atoms with E-state index >= 15 is 0 Å². The smallest absolute Gasteiger partial charge is 0.306 e. The standard InChI is InChI=1S/C27H23N3O4/c1-2-33-25(32)16-15-23(31)26-24(34-18-21-11-7-4-8-12-21)17-22(30-27(26)28-19-29-30)14-13-20-9-5-3-6-10-20/h3-12,17,19H,2,15-16,18H2,1H3. The first-order chi connectivity index (χ1) is 16.7. The summed E-state index contributed by atoms with van der Waals surface area (Å²) in [6.45, 7) is 2.25. The number of carbonyl (C=O) groups excluding carboxylic acids is 2. The van der Waals surface area contributed by atoms with Crippen LogP contribution in [-0.4, -0.2) is 33.0 Å². The first kappa shape index (κ1) is 22.7. The van der Waals surface area contributed by atoms with Crippen LogP contribution >= 0.6 is 0 Å². The quantitative estimate of drug-likeness (QED) is 0.226. The predicted octanol–water partition coefficient (Wildman–Crippen LogP) is 4.23. The molecule has 170 valence electrons. The lowest BCUT2D eigenvalue weighted by molar-refractivity contribution is -0.143. The van der Waals surface area contributed by atoms with Gasteiger partial charge in [-0.1, -0.05) is 54.5 Å². The number of nitrogens with zero attached hydrogens (tertiary/aromatic N) is 3. The van der Waals surface area contributed by atoms with Crippen LogP contribution in [0.4, 0.5) is 0 Å². The molecule has 0 saturated carbocycles. The molecule has 4 aromatic rings. The molecule has 0 aliphatic carbocycles. The van der Waals surface area contributed by atoms with Crippen LogP contribution in [0.15, 0.2) is 73.1 Å². The molecule has 2 heterocycles. The van der Waals surface area contributed by atoms with Crippen molar-refractivity contribution in [2.75, 3.05) is 6.61 Å². The Morgan fingerprint density at radius 3 is 2.44 bits per heavy atom. The summed E-state index contributed by atoms with van der Waals surface area (Å²) in [5.41, 5.74) is 2.92. The second kappa shape index (κ2) is 10.9. The molecule has 0 atom stereocenters. The van der Waals surface area contributed by atoms with Gasteiger partial charge >= 0.3 is 5.97 Å². The second-order valence-corrected chi connectivity index (χ2v) is 7.38. The molecule has 0 saturated heterocycles. The number of pyridine rings is 1. The fourth-order valence-corrected chi connectivity index (χ4v) is 3.39. The molecule has 0 spiro atoms. The minimum Gasteiger partial charge on any atom is -0.488 e. The van der Waals surface area contributed by atoms with Crippen molar-refractivity contribution in [2.45, 2.75) is 26.4 Å². The number of ether oxygens (including phenoxy) is 2.